The summed E-state index contributed by atoms with van der Waals surface area (Å²) in [6, 6.07) is 12.8. The fourth-order valence-corrected chi connectivity index (χ4v) is 3.45. The van der Waals surface area contributed by atoms with E-state index in [-0.39, 0.29) is 11.7 Å². The quantitative estimate of drug-likeness (QED) is 0.601. The van der Waals surface area contributed by atoms with Crippen molar-refractivity contribution in [2.24, 2.45) is 10.7 Å². The van der Waals surface area contributed by atoms with E-state index in [2.05, 4.69) is 10.3 Å². The molecule has 0 aromatic heterocycles. The van der Waals surface area contributed by atoms with Crippen LogP contribution in [0.3, 0.4) is 0 Å². The number of aliphatic imine (C=N–C) groups is 1. The van der Waals surface area contributed by atoms with Crippen LogP contribution >= 0.6 is 0 Å². The molecule has 0 saturated carbocycles. The first kappa shape index (κ1) is 19.0. The van der Waals surface area contributed by atoms with Gasteiger partial charge in [-0.25, -0.2) is 13.4 Å². The van der Waals surface area contributed by atoms with Crippen LogP contribution in [-0.2, 0) is 22.1 Å². The first-order chi connectivity index (χ1) is 12.9. The molecule has 3 rings (SSSR count). The van der Waals surface area contributed by atoms with Crippen molar-refractivity contribution in [3.8, 4) is 11.5 Å². The molecule has 2 aromatic carbocycles. The topological polar surface area (TPSA) is 103 Å². The number of hydrogen-bond donors (Lipinski definition) is 2. The van der Waals surface area contributed by atoms with Crippen molar-refractivity contribution in [3.05, 3.63) is 53.6 Å². The molecule has 27 heavy (non-hydrogen) atoms. The molecule has 0 fully saturated rings. The number of fused-ring (bicyclic) bond motifs is 1. The van der Waals surface area contributed by atoms with Crippen LogP contribution in [-0.4, -0.2) is 33.8 Å². The van der Waals surface area contributed by atoms with Gasteiger partial charge in [-0.2, -0.15) is 0 Å². The molecule has 1 aliphatic heterocycles. The molecular formula is C19H23N3O4S. The van der Waals surface area contributed by atoms with Crippen molar-refractivity contribution in [1.82, 2.24) is 0 Å². The second-order valence-corrected chi connectivity index (χ2v) is 8.57. The third-order valence-electron chi connectivity index (χ3n) is 3.90. The van der Waals surface area contributed by atoms with Crippen LogP contribution < -0.4 is 20.5 Å². The van der Waals surface area contributed by atoms with E-state index in [4.69, 9.17) is 15.2 Å². The van der Waals surface area contributed by atoms with Gasteiger partial charge in [-0.1, -0.05) is 24.3 Å². The number of ether oxygens (including phenoxy) is 2. The molecule has 1 heterocycles. The lowest BCUT2D eigenvalue weighted by molar-refractivity contribution is 0.297. The number of nitrogens with one attached hydrogen (secondary N) is 1. The van der Waals surface area contributed by atoms with Crippen molar-refractivity contribution in [3.63, 3.8) is 0 Å². The van der Waals surface area contributed by atoms with Crippen molar-refractivity contribution >= 4 is 21.5 Å². The van der Waals surface area contributed by atoms with Gasteiger partial charge in [0, 0.05) is 24.4 Å². The molecule has 0 amide bonds. The highest BCUT2D eigenvalue weighted by Gasteiger charge is 2.11. The molecule has 0 saturated heterocycles. The highest BCUT2D eigenvalue weighted by Crippen LogP contribution is 2.32. The van der Waals surface area contributed by atoms with Gasteiger partial charge in [0.25, 0.3) is 0 Å². The Labute approximate surface area is 159 Å². The SMILES string of the molecule is CS(=O)(=O)Cc1ccc(CN=C(N)Nc2ccc3c(c2)OCCCO3)cc1. The average Bonchev–Trinajstić information content (AvgIpc) is 2.85. The molecule has 0 atom stereocenters. The number of anilines is 1. The fourth-order valence-electron chi connectivity index (χ4n) is 2.65. The molecule has 0 spiro atoms. The van der Waals surface area contributed by atoms with Crippen molar-refractivity contribution < 1.29 is 17.9 Å². The summed E-state index contributed by atoms with van der Waals surface area (Å²) in [4.78, 5) is 4.32. The number of hydrogen-bond acceptors (Lipinski definition) is 5. The lowest BCUT2D eigenvalue weighted by Gasteiger charge is -2.10. The second kappa shape index (κ2) is 8.30. The number of nitrogens with zero attached hydrogens (tertiary/aromatic N) is 1. The number of sulfone groups is 1. The zero-order valence-electron chi connectivity index (χ0n) is 15.1. The Balaban J connectivity index is 1.60. The van der Waals surface area contributed by atoms with E-state index < -0.39 is 9.84 Å². The van der Waals surface area contributed by atoms with Crippen LogP contribution in [0, 0.1) is 0 Å². The van der Waals surface area contributed by atoms with E-state index in [1.165, 1.54) is 6.26 Å². The van der Waals surface area contributed by atoms with Gasteiger partial charge in [0.15, 0.2) is 27.3 Å². The van der Waals surface area contributed by atoms with E-state index >= 15 is 0 Å². The fraction of sp³-hybridized carbons (Fsp3) is 0.316. The summed E-state index contributed by atoms with van der Waals surface area (Å²) >= 11 is 0. The van der Waals surface area contributed by atoms with Gasteiger partial charge in [0.2, 0.25) is 0 Å². The lowest BCUT2D eigenvalue weighted by atomic mass is 10.1. The molecule has 1 aliphatic rings. The number of nitrogens with two attached hydrogens (primary N) is 1. The summed E-state index contributed by atoms with van der Waals surface area (Å²) in [6.07, 6.45) is 2.07. The number of rotatable bonds is 5. The summed E-state index contributed by atoms with van der Waals surface area (Å²) in [5, 5.41) is 3.04. The number of guanidine groups is 1. The second-order valence-electron chi connectivity index (χ2n) is 6.43. The van der Waals surface area contributed by atoms with E-state index in [0.717, 1.165) is 29.0 Å². The monoisotopic (exact) mass is 389 g/mol. The molecule has 0 bridgehead atoms. The molecule has 7 nitrogen and oxygen atoms in total. The van der Waals surface area contributed by atoms with Crippen molar-refractivity contribution in [1.29, 1.82) is 0 Å². The van der Waals surface area contributed by atoms with E-state index in [1.54, 1.807) is 12.1 Å². The van der Waals surface area contributed by atoms with Crippen molar-refractivity contribution in [2.45, 2.75) is 18.7 Å². The normalized spacial score (nSPS) is 14.5. The summed E-state index contributed by atoms with van der Waals surface area (Å²) in [7, 11) is -3.04. The van der Waals surface area contributed by atoms with E-state index in [0.29, 0.717) is 25.5 Å². The van der Waals surface area contributed by atoms with Gasteiger partial charge in [-0.3, -0.25) is 0 Å². The van der Waals surface area contributed by atoms with Gasteiger partial charge in [-0.05, 0) is 23.3 Å². The Bertz CT molecular complexity index is 924. The Morgan fingerprint density at radius 2 is 1.74 bits per heavy atom. The van der Waals surface area contributed by atoms with Crippen LogP contribution in [0.15, 0.2) is 47.5 Å². The molecule has 8 heteroatoms. The third-order valence-corrected chi connectivity index (χ3v) is 4.76. The Hall–Kier alpha value is -2.74. The predicted octanol–water partition coefficient (Wildman–Crippen LogP) is 2.32. The highest BCUT2D eigenvalue weighted by molar-refractivity contribution is 7.89. The van der Waals surface area contributed by atoms with Crippen LogP contribution in [0.2, 0.25) is 0 Å². The Morgan fingerprint density at radius 1 is 1.07 bits per heavy atom. The van der Waals surface area contributed by atoms with E-state index in [9.17, 15) is 8.42 Å². The van der Waals surface area contributed by atoms with Crippen LogP contribution in [0.5, 0.6) is 11.5 Å². The van der Waals surface area contributed by atoms with E-state index in [1.807, 2.05) is 30.3 Å². The zero-order valence-corrected chi connectivity index (χ0v) is 16.0. The summed E-state index contributed by atoms with van der Waals surface area (Å²) in [6.45, 7) is 1.66. The molecule has 144 valence electrons. The maximum absolute atomic E-state index is 11.3. The summed E-state index contributed by atoms with van der Waals surface area (Å²) in [5.74, 6) is 1.73. The van der Waals surface area contributed by atoms with Gasteiger partial charge in [-0.15, -0.1) is 0 Å². The van der Waals surface area contributed by atoms with Crippen molar-refractivity contribution in [2.75, 3.05) is 24.8 Å². The summed E-state index contributed by atoms with van der Waals surface area (Å²) < 4.78 is 33.9. The van der Waals surface area contributed by atoms with Gasteiger partial charge >= 0.3 is 0 Å². The largest absolute Gasteiger partial charge is 0.490 e. The minimum atomic E-state index is -3.04. The zero-order chi connectivity index (χ0) is 19.3. The Morgan fingerprint density at radius 3 is 2.44 bits per heavy atom. The molecule has 3 N–H and O–H groups in total. The molecule has 0 unspecified atom stereocenters. The first-order valence-electron chi connectivity index (χ1n) is 8.61. The van der Waals surface area contributed by atoms with Gasteiger partial charge in [0.1, 0.15) is 0 Å². The lowest BCUT2D eigenvalue weighted by Crippen LogP contribution is -2.22. The third kappa shape index (κ3) is 5.89. The number of benzene rings is 2. The summed E-state index contributed by atoms with van der Waals surface area (Å²) in [5.41, 5.74) is 8.42. The first-order valence-corrected chi connectivity index (χ1v) is 10.7. The maximum Gasteiger partial charge on any atom is 0.193 e. The van der Waals surface area contributed by atoms with Gasteiger partial charge in [0.05, 0.1) is 25.5 Å². The molecular weight excluding hydrogens is 366 g/mol. The van der Waals surface area contributed by atoms with Crippen LogP contribution in [0.25, 0.3) is 0 Å². The highest BCUT2D eigenvalue weighted by atomic mass is 32.2. The molecule has 0 radical (unpaired) electrons. The van der Waals surface area contributed by atoms with Gasteiger partial charge < -0.3 is 20.5 Å². The van der Waals surface area contributed by atoms with Crippen LogP contribution in [0.4, 0.5) is 5.69 Å². The smallest absolute Gasteiger partial charge is 0.193 e. The standard InChI is InChI=1S/C19H23N3O4S/c1-27(23,24)13-15-5-3-14(4-6-15)12-21-19(20)22-16-7-8-17-18(11-16)26-10-2-9-25-17/h3-8,11H,2,9-10,12-13H2,1H3,(H3,20,21,22). The minimum absolute atomic E-state index is 0.0321. The molecule has 2 aromatic rings. The van der Waals surface area contributed by atoms with Crippen LogP contribution in [0.1, 0.15) is 17.5 Å². The average molecular weight is 389 g/mol. The predicted molar refractivity (Wildman–Crippen MR) is 106 cm³/mol. The minimum Gasteiger partial charge on any atom is -0.490 e. The maximum atomic E-state index is 11.3. The molecule has 0 aliphatic carbocycles. The Kier molecular flexibility index (Phi) is 5.85.